The first kappa shape index (κ1) is 41.4. The fourth-order valence-corrected chi connectivity index (χ4v) is 11.9. The van der Waals surface area contributed by atoms with Crippen LogP contribution in [-0.4, -0.2) is 24.1 Å². The van der Waals surface area contributed by atoms with Crippen molar-refractivity contribution in [2.24, 2.45) is 0 Å². The summed E-state index contributed by atoms with van der Waals surface area (Å²) in [4.78, 5) is 16.2. The van der Waals surface area contributed by atoms with E-state index in [2.05, 4.69) is 246 Å². The van der Waals surface area contributed by atoms with Gasteiger partial charge < -0.3 is 13.6 Å². The Bertz CT molecular complexity index is 5010. The minimum atomic E-state index is 0.564. The van der Waals surface area contributed by atoms with Crippen LogP contribution >= 0.6 is 0 Å². The van der Waals surface area contributed by atoms with E-state index < -0.39 is 0 Å². The third-order valence-electron chi connectivity index (χ3n) is 15.3. The molecule has 0 aliphatic rings. The molecule has 75 heavy (non-hydrogen) atoms. The second kappa shape index (κ2) is 16.2. The average Bonchev–Trinajstić information content (AvgIpc) is 4.21. The van der Waals surface area contributed by atoms with E-state index in [1.807, 2.05) is 12.1 Å². The van der Waals surface area contributed by atoms with Crippen LogP contribution in [0.4, 0.5) is 0 Å². The zero-order valence-corrected chi connectivity index (χ0v) is 40.3. The van der Waals surface area contributed by atoms with Crippen LogP contribution in [-0.2, 0) is 0 Å². The van der Waals surface area contributed by atoms with E-state index in [1.54, 1.807) is 0 Å². The molecule has 0 bridgehead atoms. The molecule has 0 N–H and O–H groups in total. The number of fused-ring (bicyclic) bond motifs is 14. The molecule has 348 valence electrons. The molecule has 16 rings (SSSR count). The predicted molar refractivity (Wildman–Crippen MR) is 310 cm³/mol. The largest absolute Gasteiger partial charge is 0.456 e. The number of furan rings is 1. The van der Waals surface area contributed by atoms with Gasteiger partial charge in [-0.15, -0.1) is 0 Å². The number of benzene rings is 12. The lowest BCUT2D eigenvalue weighted by Gasteiger charge is -2.12. The summed E-state index contributed by atoms with van der Waals surface area (Å²) < 4.78 is 11.6. The molecule has 6 nitrogen and oxygen atoms in total. The van der Waals surface area contributed by atoms with Crippen LogP contribution in [0.15, 0.2) is 253 Å². The zero-order valence-electron chi connectivity index (χ0n) is 40.3. The quantitative estimate of drug-likeness (QED) is 0.167. The summed E-state index contributed by atoms with van der Waals surface area (Å²) in [5, 5.41) is 13.8. The van der Waals surface area contributed by atoms with Crippen molar-refractivity contribution in [3.05, 3.63) is 249 Å². The molecule has 0 atom stereocenters. The van der Waals surface area contributed by atoms with Crippen LogP contribution in [0.2, 0.25) is 0 Å². The topological polar surface area (TPSA) is 61.7 Å². The predicted octanol–water partition coefficient (Wildman–Crippen LogP) is 18.1. The monoisotopic (exact) mass is 955 g/mol. The molecule has 4 heterocycles. The SMILES string of the molecule is c1ccc(-c2cccc(-c3nc(-c4ccc5c(c4)c4ccccc4n5-c4ccccc4)nc(-c4cccc5oc6ccc7ccc(-n8c9cc%10ccccc%10cc9c9c%10ccccc%10ccc98)cc7c6c45)n3)c2)cc1. The summed E-state index contributed by atoms with van der Waals surface area (Å²) in [7, 11) is 0. The van der Waals surface area contributed by atoms with E-state index in [-0.39, 0.29) is 0 Å². The summed E-state index contributed by atoms with van der Waals surface area (Å²) >= 11 is 0. The smallest absolute Gasteiger partial charge is 0.164 e. The van der Waals surface area contributed by atoms with Gasteiger partial charge in [0.25, 0.3) is 0 Å². The first-order valence-corrected chi connectivity index (χ1v) is 25.4. The standard InChI is InChI=1S/C69H41N5O/c1-3-15-42(16-4-1)45-20-13-21-48(37-45)67-70-68(49-31-34-59-56(39-49)53-25-11-12-27-58(53)73(59)50-22-5-2-6-23-50)72-69(71-67)54-26-14-28-62-65(54)66-55-41-51(33-29-44(55)32-36-63(66)75-62)74-60-35-30-43-17-9-10-24-52(43)64(60)57-38-46-18-7-8-19-47(46)40-61(57)74/h1-41H. The molecule has 0 unspecified atom stereocenters. The molecule has 0 aliphatic carbocycles. The molecule has 12 aromatic carbocycles. The van der Waals surface area contributed by atoms with E-state index >= 15 is 0 Å². The molecule has 0 fully saturated rings. The van der Waals surface area contributed by atoms with E-state index in [1.165, 1.54) is 32.3 Å². The van der Waals surface area contributed by atoms with Gasteiger partial charge in [0.2, 0.25) is 0 Å². The lowest BCUT2D eigenvalue weighted by atomic mass is 9.99. The second-order valence-corrected chi connectivity index (χ2v) is 19.5. The minimum Gasteiger partial charge on any atom is -0.456 e. The van der Waals surface area contributed by atoms with Gasteiger partial charge in [-0.1, -0.05) is 164 Å². The van der Waals surface area contributed by atoms with Gasteiger partial charge in [-0.05, 0) is 128 Å². The Kier molecular flexibility index (Phi) is 8.94. The highest BCUT2D eigenvalue weighted by molar-refractivity contribution is 6.25. The van der Waals surface area contributed by atoms with Crippen LogP contribution in [0.1, 0.15) is 0 Å². The molecule has 0 radical (unpaired) electrons. The summed E-state index contributed by atoms with van der Waals surface area (Å²) in [6.07, 6.45) is 0. The maximum atomic E-state index is 6.83. The third kappa shape index (κ3) is 6.43. The number of para-hydroxylation sites is 2. The molecule has 0 saturated carbocycles. The van der Waals surface area contributed by atoms with Crippen molar-refractivity contribution in [3.8, 4) is 56.7 Å². The molecule has 0 amide bonds. The number of nitrogens with zero attached hydrogens (tertiary/aromatic N) is 5. The van der Waals surface area contributed by atoms with Crippen LogP contribution in [0.25, 0.3) is 155 Å². The lowest BCUT2D eigenvalue weighted by Crippen LogP contribution is -2.01. The normalized spacial score (nSPS) is 12.0. The van der Waals surface area contributed by atoms with Crippen molar-refractivity contribution in [1.82, 2.24) is 24.1 Å². The van der Waals surface area contributed by atoms with Crippen molar-refractivity contribution >= 4 is 97.9 Å². The summed E-state index contributed by atoms with van der Waals surface area (Å²) in [5.41, 5.74) is 13.2. The van der Waals surface area contributed by atoms with Gasteiger partial charge in [-0.3, -0.25) is 0 Å². The molecule has 4 aromatic heterocycles. The Morgan fingerprint density at radius 2 is 0.867 bits per heavy atom. The fourth-order valence-electron chi connectivity index (χ4n) is 11.9. The Hall–Kier alpha value is -10.2. The van der Waals surface area contributed by atoms with Gasteiger partial charge >= 0.3 is 0 Å². The summed E-state index contributed by atoms with van der Waals surface area (Å²) in [6, 6.07) is 88.6. The Labute approximate surface area is 429 Å². The summed E-state index contributed by atoms with van der Waals surface area (Å²) in [6.45, 7) is 0. The van der Waals surface area contributed by atoms with Crippen molar-refractivity contribution in [3.63, 3.8) is 0 Å². The highest BCUT2D eigenvalue weighted by atomic mass is 16.3. The van der Waals surface area contributed by atoms with Crippen molar-refractivity contribution in [1.29, 1.82) is 0 Å². The number of hydrogen-bond acceptors (Lipinski definition) is 4. The number of hydrogen-bond donors (Lipinski definition) is 0. The molecule has 6 heteroatoms. The van der Waals surface area contributed by atoms with E-state index in [4.69, 9.17) is 19.4 Å². The van der Waals surface area contributed by atoms with Crippen LogP contribution < -0.4 is 0 Å². The summed E-state index contributed by atoms with van der Waals surface area (Å²) in [5.74, 6) is 1.74. The molecule has 0 saturated heterocycles. The van der Waals surface area contributed by atoms with E-state index in [9.17, 15) is 0 Å². The van der Waals surface area contributed by atoms with Gasteiger partial charge in [-0.2, -0.15) is 0 Å². The Morgan fingerprint density at radius 3 is 1.72 bits per heavy atom. The molecule has 16 aromatic rings. The molecular formula is C69H41N5O. The number of aromatic nitrogens is 5. The second-order valence-electron chi connectivity index (χ2n) is 19.5. The highest BCUT2D eigenvalue weighted by Gasteiger charge is 2.23. The third-order valence-corrected chi connectivity index (χ3v) is 15.3. The van der Waals surface area contributed by atoms with Crippen molar-refractivity contribution in [2.75, 3.05) is 0 Å². The van der Waals surface area contributed by atoms with E-state index in [0.717, 1.165) is 105 Å². The lowest BCUT2D eigenvalue weighted by molar-refractivity contribution is 0.669. The zero-order chi connectivity index (χ0) is 49.1. The van der Waals surface area contributed by atoms with Crippen LogP contribution in [0.5, 0.6) is 0 Å². The van der Waals surface area contributed by atoms with Crippen LogP contribution in [0, 0.1) is 0 Å². The molecule has 0 spiro atoms. The fraction of sp³-hybridized carbons (Fsp3) is 0. The van der Waals surface area contributed by atoms with Gasteiger partial charge in [0.1, 0.15) is 11.2 Å². The van der Waals surface area contributed by atoms with E-state index in [0.29, 0.717) is 17.5 Å². The molecular weight excluding hydrogens is 915 g/mol. The first-order valence-electron chi connectivity index (χ1n) is 25.4. The highest BCUT2D eigenvalue weighted by Crippen LogP contribution is 2.44. The van der Waals surface area contributed by atoms with Crippen LogP contribution in [0.3, 0.4) is 0 Å². The minimum absolute atomic E-state index is 0.564. The van der Waals surface area contributed by atoms with Crippen molar-refractivity contribution < 1.29 is 4.42 Å². The maximum Gasteiger partial charge on any atom is 0.164 e. The van der Waals surface area contributed by atoms with Gasteiger partial charge in [0.05, 0.1) is 22.1 Å². The van der Waals surface area contributed by atoms with Gasteiger partial charge in [-0.25, -0.2) is 15.0 Å². The van der Waals surface area contributed by atoms with Gasteiger partial charge in [0.15, 0.2) is 17.5 Å². The Morgan fingerprint density at radius 1 is 0.267 bits per heavy atom. The number of rotatable bonds is 6. The molecule has 0 aliphatic heterocycles. The average molecular weight is 956 g/mol. The maximum absolute atomic E-state index is 6.83. The Balaban J connectivity index is 0.937. The van der Waals surface area contributed by atoms with Gasteiger partial charge in [0, 0.05) is 60.4 Å². The van der Waals surface area contributed by atoms with Crippen molar-refractivity contribution in [2.45, 2.75) is 0 Å². The first-order chi connectivity index (χ1) is 37.2.